The number of carbonyl (C=O) groups is 1. The number of hydrogen-bond acceptors (Lipinski definition) is 4. The molecule has 1 aromatic heterocycles. The first-order valence-electron chi connectivity index (χ1n) is 8.19. The van der Waals surface area contributed by atoms with Crippen molar-refractivity contribution in [3.8, 4) is 11.5 Å². The highest BCUT2D eigenvalue weighted by Crippen LogP contribution is 2.27. The molecule has 6 nitrogen and oxygen atoms in total. The zero-order chi connectivity index (χ0) is 18.2. The third kappa shape index (κ3) is 5.38. The van der Waals surface area contributed by atoms with Crippen LogP contribution in [0.1, 0.15) is 18.3 Å². The average Bonchev–Trinajstić information content (AvgIpc) is 3.02. The van der Waals surface area contributed by atoms with Gasteiger partial charge in [-0.25, -0.2) is 4.98 Å². The molecule has 1 N–H and O–H groups in total. The van der Waals surface area contributed by atoms with Crippen molar-refractivity contribution in [1.29, 1.82) is 0 Å². The van der Waals surface area contributed by atoms with Crippen LogP contribution in [0.2, 0.25) is 0 Å². The number of aryl methyl sites for hydroxylation is 1. The Morgan fingerprint density at radius 1 is 1.32 bits per heavy atom. The number of imidazole rings is 1. The number of rotatable bonds is 8. The van der Waals surface area contributed by atoms with Gasteiger partial charge in [-0.2, -0.15) is 0 Å². The van der Waals surface area contributed by atoms with Gasteiger partial charge >= 0.3 is 0 Å². The number of benzene rings is 1. The molecular formula is C19H25N3O3. The molecule has 134 valence electrons. The number of amides is 1. The molecule has 0 saturated carbocycles. The molecule has 0 bridgehead atoms. The first kappa shape index (κ1) is 18.6. The van der Waals surface area contributed by atoms with E-state index in [0.29, 0.717) is 24.0 Å². The summed E-state index contributed by atoms with van der Waals surface area (Å²) >= 11 is 0. The third-order valence-electron chi connectivity index (χ3n) is 3.89. The van der Waals surface area contributed by atoms with Crippen molar-refractivity contribution < 1.29 is 14.3 Å². The number of hydrogen-bond donors (Lipinski definition) is 1. The number of carbonyl (C=O) groups excluding carboxylic acids is 1. The number of ether oxygens (including phenoxy) is 2. The summed E-state index contributed by atoms with van der Waals surface area (Å²) < 4.78 is 12.5. The van der Waals surface area contributed by atoms with Crippen molar-refractivity contribution in [1.82, 2.24) is 14.9 Å². The van der Waals surface area contributed by atoms with E-state index in [1.807, 2.05) is 31.3 Å². The van der Waals surface area contributed by atoms with Crippen LogP contribution in [0.15, 0.2) is 36.7 Å². The molecule has 1 heterocycles. The smallest absolute Gasteiger partial charge is 0.244 e. The van der Waals surface area contributed by atoms with Crippen LogP contribution in [0, 0.1) is 12.8 Å². The Hall–Kier alpha value is -2.76. The average molecular weight is 343 g/mol. The molecule has 0 aliphatic heterocycles. The van der Waals surface area contributed by atoms with Crippen molar-refractivity contribution in [3.05, 3.63) is 48.1 Å². The van der Waals surface area contributed by atoms with Crippen LogP contribution in [-0.2, 0) is 11.3 Å². The normalized spacial score (nSPS) is 12.2. The molecule has 6 heteroatoms. The van der Waals surface area contributed by atoms with Gasteiger partial charge in [0.05, 0.1) is 14.2 Å². The lowest BCUT2D eigenvalue weighted by molar-refractivity contribution is -0.116. The highest BCUT2D eigenvalue weighted by Gasteiger charge is 2.07. The minimum Gasteiger partial charge on any atom is -0.493 e. The van der Waals surface area contributed by atoms with Gasteiger partial charge in [0.2, 0.25) is 5.91 Å². The van der Waals surface area contributed by atoms with Crippen LogP contribution in [0.4, 0.5) is 0 Å². The summed E-state index contributed by atoms with van der Waals surface area (Å²) in [5.41, 5.74) is 0.870. The number of methoxy groups -OCH3 is 2. The van der Waals surface area contributed by atoms with Gasteiger partial charge in [-0.1, -0.05) is 13.0 Å². The molecule has 0 aliphatic rings. The van der Waals surface area contributed by atoms with Crippen molar-refractivity contribution in [2.75, 3.05) is 20.8 Å². The molecule has 0 saturated heterocycles. The van der Waals surface area contributed by atoms with Crippen LogP contribution >= 0.6 is 0 Å². The second-order valence-corrected chi connectivity index (χ2v) is 5.92. The molecule has 1 atom stereocenters. The second kappa shape index (κ2) is 8.92. The molecule has 1 unspecified atom stereocenters. The number of nitrogens with zero attached hydrogens (tertiary/aromatic N) is 2. The van der Waals surface area contributed by atoms with Gasteiger partial charge in [0.15, 0.2) is 11.5 Å². The highest BCUT2D eigenvalue weighted by molar-refractivity contribution is 5.91. The van der Waals surface area contributed by atoms with E-state index in [1.165, 1.54) is 6.08 Å². The molecule has 1 amide bonds. The monoisotopic (exact) mass is 343 g/mol. The Bertz CT molecular complexity index is 737. The van der Waals surface area contributed by atoms with Gasteiger partial charge in [-0.15, -0.1) is 0 Å². The Labute approximate surface area is 148 Å². The minimum atomic E-state index is -0.121. The zero-order valence-electron chi connectivity index (χ0n) is 15.2. The first-order valence-corrected chi connectivity index (χ1v) is 8.19. The van der Waals surface area contributed by atoms with Crippen LogP contribution in [-0.4, -0.2) is 36.2 Å². The maximum absolute atomic E-state index is 12.0. The van der Waals surface area contributed by atoms with Crippen LogP contribution < -0.4 is 14.8 Å². The van der Waals surface area contributed by atoms with E-state index in [4.69, 9.17) is 9.47 Å². The standard InChI is InChI=1S/C19H25N3O3/c1-14(13-22-10-9-20-15(22)2)12-21-19(23)8-6-16-5-7-17(24-3)18(11-16)25-4/h5-11,14H,12-13H2,1-4H3,(H,21,23)/b8-6+. The summed E-state index contributed by atoms with van der Waals surface area (Å²) in [7, 11) is 3.18. The predicted octanol–water partition coefficient (Wildman–Crippen LogP) is 2.67. The maximum Gasteiger partial charge on any atom is 0.244 e. The SMILES string of the molecule is COc1ccc(/C=C/C(=O)NCC(C)Cn2ccnc2C)cc1OC. The fraction of sp³-hybridized carbons (Fsp3) is 0.368. The maximum atomic E-state index is 12.0. The van der Waals surface area contributed by atoms with Crippen molar-refractivity contribution in [2.45, 2.75) is 20.4 Å². The van der Waals surface area contributed by atoms with E-state index in [-0.39, 0.29) is 5.91 Å². The van der Waals surface area contributed by atoms with E-state index in [9.17, 15) is 4.79 Å². The summed E-state index contributed by atoms with van der Waals surface area (Å²) in [6.07, 6.45) is 7.01. The number of nitrogens with one attached hydrogen (secondary N) is 1. The molecule has 0 fully saturated rings. The van der Waals surface area contributed by atoms with Gasteiger partial charge in [0, 0.05) is 31.6 Å². The van der Waals surface area contributed by atoms with Gasteiger partial charge in [0.1, 0.15) is 5.82 Å². The minimum absolute atomic E-state index is 0.121. The van der Waals surface area contributed by atoms with Gasteiger partial charge in [0.25, 0.3) is 0 Å². The third-order valence-corrected chi connectivity index (χ3v) is 3.89. The van der Waals surface area contributed by atoms with Crippen molar-refractivity contribution in [3.63, 3.8) is 0 Å². The molecule has 1 aromatic carbocycles. The lowest BCUT2D eigenvalue weighted by atomic mass is 10.1. The Morgan fingerprint density at radius 3 is 2.72 bits per heavy atom. The van der Waals surface area contributed by atoms with Crippen molar-refractivity contribution >= 4 is 12.0 Å². The van der Waals surface area contributed by atoms with Gasteiger partial charge in [-0.05, 0) is 36.6 Å². The lowest BCUT2D eigenvalue weighted by Gasteiger charge is -2.13. The van der Waals surface area contributed by atoms with E-state index < -0.39 is 0 Å². The Balaban J connectivity index is 1.85. The molecule has 0 spiro atoms. The van der Waals surface area contributed by atoms with E-state index in [2.05, 4.69) is 21.8 Å². The molecule has 2 aromatic rings. The molecule has 0 aliphatic carbocycles. The van der Waals surface area contributed by atoms with E-state index in [1.54, 1.807) is 26.5 Å². The summed E-state index contributed by atoms with van der Waals surface area (Å²) in [6.45, 7) is 5.49. The van der Waals surface area contributed by atoms with Gasteiger partial charge in [-0.3, -0.25) is 4.79 Å². The molecule has 0 radical (unpaired) electrons. The predicted molar refractivity (Wildman–Crippen MR) is 97.7 cm³/mol. The number of aromatic nitrogens is 2. The second-order valence-electron chi connectivity index (χ2n) is 5.92. The summed E-state index contributed by atoms with van der Waals surface area (Å²) in [6, 6.07) is 5.51. The van der Waals surface area contributed by atoms with E-state index >= 15 is 0 Å². The van der Waals surface area contributed by atoms with Crippen LogP contribution in [0.3, 0.4) is 0 Å². The summed E-state index contributed by atoms with van der Waals surface area (Å²) in [5, 5.41) is 2.92. The summed E-state index contributed by atoms with van der Waals surface area (Å²) in [5.74, 6) is 2.46. The fourth-order valence-corrected chi connectivity index (χ4v) is 2.46. The summed E-state index contributed by atoms with van der Waals surface area (Å²) in [4.78, 5) is 16.2. The topological polar surface area (TPSA) is 65.4 Å². The van der Waals surface area contributed by atoms with Crippen LogP contribution in [0.25, 0.3) is 6.08 Å². The first-order chi connectivity index (χ1) is 12.0. The van der Waals surface area contributed by atoms with Gasteiger partial charge < -0.3 is 19.4 Å². The van der Waals surface area contributed by atoms with Crippen molar-refractivity contribution in [2.24, 2.45) is 5.92 Å². The quantitative estimate of drug-likeness (QED) is 0.749. The fourth-order valence-electron chi connectivity index (χ4n) is 2.46. The zero-order valence-corrected chi connectivity index (χ0v) is 15.2. The largest absolute Gasteiger partial charge is 0.493 e. The highest BCUT2D eigenvalue weighted by atomic mass is 16.5. The van der Waals surface area contributed by atoms with E-state index in [0.717, 1.165) is 17.9 Å². The molecular weight excluding hydrogens is 318 g/mol. The molecule has 25 heavy (non-hydrogen) atoms. The Kier molecular flexibility index (Phi) is 6.62. The lowest BCUT2D eigenvalue weighted by Crippen LogP contribution is -2.28. The molecule has 2 rings (SSSR count). The van der Waals surface area contributed by atoms with Crippen LogP contribution in [0.5, 0.6) is 11.5 Å². The Morgan fingerprint density at radius 2 is 2.08 bits per heavy atom.